The Balaban J connectivity index is 1.85. The van der Waals surface area contributed by atoms with Crippen molar-refractivity contribution in [1.29, 1.82) is 0 Å². The molecule has 2 N–H and O–H groups in total. The molecule has 0 aromatic heterocycles. The van der Waals surface area contributed by atoms with Crippen LogP contribution in [-0.4, -0.2) is 47.9 Å². The summed E-state index contributed by atoms with van der Waals surface area (Å²) < 4.78 is 0. The largest absolute Gasteiger partial charge is 0.339 e. The number of rotatable bonds is 3. The van der Waals surface area contributed by atoms with Crippen molar-refractivity contribution in [2.24, 2.45) is 5.73 Å². The Morgan fingerprint density at radius 3 is 2.58 bits per heavy atom. The Morgan fingerprint density at radius 2 is 2.00 bits per heavy atom. The fourth-order valence-corrected chi connectivity index (χ4v) is 2.48. The minimum absolute atomic E-state index is 0.0650. The highest BCUT2D eigenvalue weighted by molar-refractivity contribution is 5.81. The zero-order chi connectivity index (χ0) is 13.8. The molecule has 4 nitrogen and oxygen atoms in total. The predicted molar refractivity (Wildman–Crippen MR) is 76.7 cm³/mol. The first-order chi connectivity index (χ1) is 9.06. The maximum Gasteiger partial charge on any atom is 0.239 e. The molecule has 0 aliphatic carbocycles. The van der Waals surface area contributed by atoms with Crippen LogP contribution in [0.5, 0.6) is 0 Å². The number of carbonyl (C=O) groups excluding carboxylic acids is 1. The number of nitrogens with two attached hydrogens (primary N) is 1. The van der Waals surface area contributed by atoms with E-state index in [0.29, 0.717) is 0 Å². The van der Waals surface area contributed by atoms with E-state index in [0.717, 1.165) is 32.7 Å². The van der Waals surface area contributed by atoms with E-state index in [9.17, 15) is 4.79 Å². The van der Waals surface area contributed by atoms with Gasteiger partial charge in [0.2, 0.25) is 5.91 Å². The van der Waals surface area contributed by atoms with Gasteiger partial charge in [-0.1, -0.05) is 29.8 Å². The van der Waals surface area contributed by atoms with E-state index in [-0.39, 0.29) is 11.9 Å². The molecule has 0 saturated carbocycles. The molecule has 1 aliphatic heterocycles. The third kappa shape index (κ3) is 3.78. The van der Waals surface area contributed by atoms with Crippen molar-refractivity contribution >= 4 is 5.91 Å². The maximum atomic E-state index is 11.8. The molecule has 1 saturated heterocycles. The quantitative estimate of drug-likeness (QED) is 0.882. The summed E-state index contributed by atoms with van der Waals surface area (Å²) in [5.41, 5.74) is 8.27. The highest BCUT2D eigenvalue weighted by Gasteiger charge is 2.22. The van der Waals surface area contributed by atoms with E-state index in [4.69, 9.17) is 5.73 Å². The van der Waals surface area contributed by atoms with E-state index in [2.05, 4.69) is 36.1 Å². The molecule has 1 fully saturated rings. The van der Waals surface area contributed by atoms with Crippen LogP contribution in [0.3, 0.4) is 0 Å². The molecule has 2 rings (SSSR count). The van der Waals surface area contributed by atoms with Gasteiger partial charge in [-0.05, 0) is 19.4 Å². The summed E-state index contributed by atoms with van der Waals surface area (Å²) in [7, 11) is 0. The van der Waals surface area contributed by atoms with Crippen LogP contribution < -0.4 is 5.73 Å². The molecule has 0 radical (unpaired) electrons. The number of piperazine rings is 1. The molecule has 1 unspecified atom stereocenters. The standard InChI is InChI=1S/C15H23N3O/c1-12-4-3-5-14(10-12)11-17-6-8-18(9-7-17)15(19)13(2)16/h3-5,10,13H,6-9,11,16H2,1-2H3. The van der Waals surface area contributed by atoms with Gasteiger partial charge in [0.05, 0.1) is 6.04 Å². The molecule has 1 amide bonds. The number of carbonyl (C=O) groups is 1. The van der Waals surface area contributed by atoms with Gasteiger partial charge in [0.25, 0.3) is 0 Å². The topological polar surface area (TPSA) is 49.6 Å². The molecule has 1 aromatic carbocycles. The summed E-state index contributed by atoms with van der Waals surface area (Å²) in [6, 6.07) is 8.21. The first-order valence-corrected chi connectivity index (χ1v) is 6.88. The van der Waals surface area contributed by atoms with Gasteiger partial charge >= 0.3 is 0 Å². The molecule has 104 valence electrons. The van der Waals surface area contributed by atoms with Gasteiger partial charge in [0, 0.05) is 32.7 Å². The van der Waals surface area contributed by atoms with Crippen LogP contribution in [0, 0.1) is 6.92 Å². The van der Waals surface area contributed by atoms with E-state index in [1.165, 1.54) is 11.1 Å². The summed E-state index contributed by atoms with van der Waals surface area (Å²) >= 11 is 0. The molecular formula is C15H23N3O. The monoisotopic (exact) mass is 261 g/mol. The lowest BCUT2D eigenvalue weighted by Crippen LogP contribution is -2.52. The van der Waals surface area contributed by atoms with Gasteiger partial charge < -0.3 is 10.6 Å². The van der Waals surface area contributed by atoms with Crippen molar-refractivity contribution in [3.8, 4) is 0 Å². The van der Waals surface area contributed by atoms with Gasteiger partial charge in [0.1, 0.15) is 0 Å². The second-order valence-corrected chi connectivity index (χ2v) is 5.38. The minimum atomic E-state index is -0.386. The van der Waals surface area contributed by atoms with Crippen LogP contribution >= 0.6 is 0 Å². The van der Waals surface area contributed by atoms with Crippen LogP contribution in [0.15, 0.2) is 24.3 Å². The Kier molecular flexibility index (Phi) is 4.56. The molecule has 1 aliphatic rings. The predicted octanol–water partition coefficient (Wildman–Crippen LogP) is 0.986. The van der Waals surface area contributed by atoms with Gasteiger partial charge in [-0.15, -0.1) is 0 Å². The number of hydrogen-bond donors (Lipinski definition) is 1. The SMILES string of the molecule is Cc1cccc(CN2CCN(C(=O)C(C)N)CC2)c1. The summed E-state index contributed by atoms with van der Waals surface area (Å²) in [4.78, 5) is 16.1. The van der Waals surface area contributed by atoms with Gasteiger partial charge in [-0.3, -0.25) is 9.69 Å². The van der Waals surface area contributed by atoms with Gasteiger partial charge in [-0.25, -0.2) is 0 Å². The van der Waals surface area contributed by atoms with Crippen molar-refractivity contribution in [3.05, 3.63) is 35.4 Å². The Bertz CT molecular complexity index is 437. The van der Waals surface area contributed by atoms with Crippen molar-refractivity contribution in [3.63, 3.8) is 0 Å². The lowest BCUT2D eigenvalue weighted by Gasteiger charge is -2.35. The zero-order valence-electron chi connectivity index (χ0n) is 11.8. The van der Waals surface area contributed by atoms with E-state index < -0.39 is 0 Å². The second kappa shape index (κ2) is 6.17. The second-order valence-electron chi connectivity index (χ2n) is 5.38. The average Bonchev–Trinajstić information content (AvgIpc) is 2.39. The van der Waals surface area contributed by atoms with Crippen molar-refractivity contribution in [1.82, 2.24) is 9.80 Å². The smallest absolute Gasteiger partial charge is 0.239 e. The third-order valence-electron chi connectivity index (χ3n) is 3.56. The van der Waals surface area contributed by atoms with Gasteiger partial charge in [0.15, 0.2) is 0 Å². The Hall–Kier alpha value is -1.39. The number of aryl methyl sites for hydroxylation is 1. The summed E-state index contributed by atoms with van der Waals surface area (Å²) in [6.45, 7) is 8.24. The van der Waals surface area contributed by atoms with Crippen LogP contribution in [0.25, 0.3) is 0 Å². The fraction of sp³-hybridized carbons (Fsp3) is 0.533. The lowest BCUT2D eigenvalue weighted by molar-refractivity contribution is -0.134. The lowest BCUT2D eigenvalue weighted by atomic mass is 10.1. The van der Waals surface area contributed by atoms with E-state index >= 15 is 0 Å². The van der Waals surface area contributed by atoms with Crippen LogP contribution in [0.1, 0.15) is 18.1 Å². The number of amides is 1. The maximum absolute atomic E-state index is 11.8. The molecule has 4 heteroatoms. The van der Waals surface area contributed by atoms with Crippen molar-refractivity contribution in [2.75, 3.05) is 26.2 Å². The summed E-state index contributed by atoms with van der Waals surface area (Å²) in [5, 5.41) is 0. The van der Waals surface area contributed by atoms with Crippen LogP contribution in [0.2, 0.25) is 0 Å². The fourth-order valence-electron chi connectivity index (χ4n) is 2.48. The number of nitrogens with zero attached hydrogens (tertiary/aromatic N) is 2. The first-order valence-electron chi connectivity index (χ1n) is 6.88. The summed E-state index contributed by atoms with van der Waals surface area (Å²) in [6.07, 6.45) is 0. The van der Waals surface area contributed by atoms with Crippen LogP contribution in [-0.2, 0) is 11.3 Å². The Morgan fingerprint density at radius 1 is 1.32 bits per heavy atom. The Labute approximate surface area is 115 Å². The molecule has 1 aromatic rings. The van der Waals surface area contributed by atoms with Gasteiger partial charge in [-0.2, -0.15) is 0 Å². The normalized spacial score (nSPS) is 18.4. The number of hydrogen-bond acceptors (Lipinski definition) is 3. The minimum Gasteiger partial charge on any atom is -0.339 e. The van der Waals surface area contributed by atoms with Crippen LogP contribution in [0.4, 0.5) is 0 Å². The molecule has 0 bridgehead atoms. The summed E-state index contributed by atoms with van der Waals surface area (Å²) in [5.74, 6) is 0.0650. The average molecular weight is 261 g/mol. The molecular weight excluding hydrogens is 238 g/mol. The zero-order valence-corrected chi connectivity index (χ0v) is 11.8. The highest BCUT2D eigenvalue weighted by atomic mass is 16.2. The van der Waals surface area contributed by atoms with E-state index in [1.807, 2.05) is 4.90 Å². The highest BCUT2D eigenvalue weighted by Crippen LogP contribution is 2.10. The van der Waals surface area contributed by atoms with E-state index in [1.54, 1.807) is 6.92 Å². The third-order valence-corrected chi connectivity index (χ3v) is 3.56. The molecule has 1 heterocycles. The molecule has 0 spiro atoms. The van der Waals surface area contributed by atoms with Crippen molar-refractivity contribution < 1.29 is 4.79 Å². The molecule has 19 heavy (non-hydrogen) atoms. The number of benzene rings is 1. The first kappa shape index (κ1) is 14.0. The molecule has 1 atom stereocenters. The van der Waals surface area contributed by atoms with Crippen molar-refractivity contribution in [2.45, 2.75) is 26.4 Å².